The monoisotopic (exact) mass is 426 g/mol. The molecule has 1 aliphatic carbocycles. The zero-order valence-corrected chi connectivity index (χ0v) is 18.7. The Hall–Kier alpha value is -2.70. The second kappa shape index (κ2) is 8.81. The third-order valence-corrected chi connectivity index (χ3v) is 6.46. The van der Waals surface area contributed by atoms with Gasteiger partial charge in [-0.2, -0.15) is 4.98 Å². The number of carbonyl (C=O) groups is 1. The summed E-state index contributed by atoms with van der Waals surface area (Å²) in [6, 6.07) is 7.82. The van der Waals surface area contributed by atoms with Crippen molar-refractivity contribution < 1.29 is 13.9 Å². The number of hydrogen-bond donors (Lipinski definition) is 0. The Morgan fingerprint density at radius 2 is 2.03 bits per heavy atom. The summed E-state index contributed by atoms with van der Waals surface area (Å²) in [5, 5.41) is 0. The maximum absolute atomic E-state index is 14.3. The Morgan fingerprint density at radius 1 is 1.32 bits per heavy atom. The molecule has 0 radical (unpaired) electrons. The topological polar surface area (TPSA) is 58.6 Å². The smallest absolute Gasteiger partial charge is 0.226 e. The Morgan fingerprint density at radius 3 is 2.68 bits per heavy atom. The van der Waals surface area contributed by atoms with Gasteiger partial charge in [0, 0.05) is 39.4 Å². The molecular formula is C24H31FN4O2. The molecule has 6 nitrogen and oxygen atoms in total. The number of nitrogens with zero attached hydrogens (tertiary/aromatic N) is 4. The van der Waals surface area contributed by atoms with E-state index < -0.39 is 5.82 Å². The van der Waals surface area contributed by atoms with Crippen LogP contribution in [-0.2, 0) is 4.79 Å². The van der Waals surface area contributed by atoms with Gasteiger partial charge in [-0.3, -0.25) is 4.79 Å². The van der Waals surface area contributed by atoms with E-state index in [0.717, 1.165) is 17.7 Å². The van der Waals surface area contributed by atoms with Crippen LogP contribution in [0, 0.1) is 17.7 Å². The summed E-state index contributed by atoms with van der Waals surface area (Å²) in [5.74, 6) is 2.65. The number of carbonyl (C=O) groups excluding carboxylic acids is 1. The number of Topliss-reactive ketones (excluding diaryl/α,β-unsaturated/α-hetero) is 1. The molecule has 1 aliphatic heterocycles. The minimum atomic E-state index is -0.421. The number of aromatic nitrogens is 2. The first-order valence-electron chi connectivity index (χ1n) is 11.1. The summed E-state index contributed by atoms with van der Waals surface area (Å²) >= 11 is 0. The van der Waals surface area contributed by atoms with Gasteiger partial charge in [-0.25, -0.2) is 9.37 Å². The molecule has 0 spiro atoms. The minimum Gasteiger partial charge on any atom is -0.489 e. The summed E-state index contributed by atoms with van der Waals surface area (Å²) in [7, 11) is 3.66. The highest BCUT2D eigenvalue weighted by Crippen LogP contribution is 2.41. The van der Waals surface area contributed by atoms with Crippen LogP contribution >= 0.6 is 0 Å². The van der Waals surface area contributed by atoms with Gasteiger partial charge in [0.05, 0.1) is 12.7 Å². The molecule has 1 saturated heterocycles. The molecule has 1 aromatic carbocycles. The molecule has 2 aliphatic rings. The fourth-order valence-electron chi connectivity index (χ4n) is 4.14. The van der Waals surface area contributed by atoms with Gasteiger partial charge in [-0.05, 0) is 36.0 Å². The largest absolute Gasteiger partial charge is 0.489 e. The second-order valence-corrected chi connectivity index (χ2v) is 9.14. The van der Waals surface area contributed by atoms with Crippen LogP contribution in [0.4, 0.5) is 16.2 Å². The van der Waals surface area contributed by atoms with Gasteiger partial charge in [0.25, 0.3) is 0 Å². The molecule has 7 heteroatoms. The van der Waals surface area contributed by atoms with E-state index in [-0.39, 0.29) is 12.0 Å². The number of rotatable bonds is 8. The number of ketones is 1. The van der Waals surface area contributed by atoms with E-state index in [2.05, 4.69) is 16.9 Å². The number of hydrogen-bond acceptors (Lipinski definition) is 6. The van der Waals surface area contributed by atoms with E-state index in [1.807, 2.05) is 50.2 Å². The van der Waals surface area contributed by atoms with Gasteiger partial charge < -0.3 is 14.5 Å². The van der Waals surface area contributed by atoms with Crippen molar-refractivity contribution >= 4 is 17.5 Å². The van der Waals surface area contributed by atoms with Gasteiger partial charge in [-0.1, -0.05) is 26.0 Å². The van der Waals surface area contributed by atoms with Gasteiger partial charge in [0.2, 0.25) is 5.95 Å². The molecule has 4 rings (SSSR count). The minimum absolute atomic E-state index is 0.0431. The van der Waals surface area contributed by atoms with E-state index in [4.69, 9.17) is 4.74 Å². The van der Waals surface area contributed by atoms with Crippen molar-refractivity contribution in [2.75, 3.05) is 37.0 Å². The van der Waals surface area contributed by atoms with Crippen LogP contribution in [0.15, 0.2) is 30.5 Å². The van der Waals surface area contributed by atoms with Crippen molar-refractivity contribution in [2.45, 2.75) is 45.1 Å². The van der Waals surface area contributed by atoms with Crippen LogP contribution in [-0.4, -0.2) is 49.0 Å². The number of benzene rings is 1. The van der Waals surface area contributed by atoms with Crippen molar-refractivity contribution in [1.29, 1.82) is 0 Å². The molecular weight excluding hydrogens is 395 g/mol. The Bertz CT molecular complexity index is 934. The van der Waals surface area contributed by atoms with Crippen LogP contribution in [0.25, 0.3) is 0 Å². The molecule has 166 valence electrons. The van der Waals surface area contributed by atoms with Crippen LogP contribution in [0.1, 0.15) is 44.6 Å². The molecule has 0 N–H and O–H groups in total. The summed E-state index contributed by atoms with van der Waals surface area (Å²) < 4.78 is 20.4. The van der Waals surface area contributed by atoms with E-state index in [1.165, 1.54) is 12.6 Å². The summed E-state index contributed by atoms with van der Waals surface area (Å²) in [6.45, 7) is 5.43. The molecule has 2 fully saturated rings. The molecule has 3 unspecified atom stereocenters. The lowest BCUT2D eigenvalue weighted by Crippen LogP contribution is -2.27. The van der Waals surface area contributed by atoms with Gasteiger partial charge in [0.15, 0.2) is 11.6 Å². The van der Waals surface area contributed by atoms with Gasteiger partial charge in [0.1, 0.15) is 17.6 Å². The Balaban J connectivity index is 1.34. The lowest BCUT2D eigenvalue weighted by Gasteiger charge is -2.20. The SMILES string of the molecule is CC(C(=O)CC1CC1C)c1ccc(O[C@@H]2CCN(c3nc(N(C)C)ncc3F)C2)cc1. The van der Waals surface area contributed by atoms with Crippen molar-refractivity contribution in [2.24, 2.45) is 11.8 Å². The Labute approximate surface area is 183 Å². The molecule has 0 bridgehead atoms. The zero-order chi connectivity index (χ0) is 22.1. The summed E-state index contributed by atoms with van der Waals surface area (Å²) in [6.07, 6.45) is 3.83. The summed E-state index contributed by atoms with van der Waals surface area (Å²) in [4.78, 5) is 24.5. The van der Waals surface area contributed by atoms with E-state index in [9.17, 15) is 9.18 Å². The average molecular weight is 427 g/mol. The lowest BCUT2D eigenvalue weighted by molar-refractivity contribution is -0.120. The zero-order valence-electron chi connectivity index (χ0n) is 18.7. The highest BCUT2D eigenvalue weighted by Gasteiger charge is 2.35. The average Bonchev–Trinajstić information content (AvgIpc) is 3.24. The molecule has 4 atom stereocenters. The van der Waals surface area contributed by atoms with E-state index in [1.54, 1.807) is 4.90 Å². The third kappa shape index (κ3) is 4.97. The Kier molecular flexibility index (Phi) is 6.12. The van der Waals surface area contributed by atoms with Gasteiger partial charge >= 0.3 is 0 Å². The number of ether oxygens (including phenoxy) is 1. The maximum Gasteiger partial charge on any atom is 0.226 e. The maximum atomic E-state index is 14.3. The normalized spacial score (nSPS) is 23.5. The van der Waals surface area contributed by atoms with Crippen LogP contribution in [0.3, 0.4) is 0 Å². The molecule has 1 aromatic heterocycles. The number of halogens is 1. The van der Waals surface area contributed by atoms with Crippen molar-refractivity contribution in [1.82, 2.24) is 9.97 Å². The highest BCUT2D eigenvalue weighted by atomic mass is 19.1. The first-order valence-corrected chi connectivity index (χ1v) is 11.1. The van der Waals surface area contributed by atoms with Crippen molar-refractivity contribution in [3.63, 3.8) is 0 Å². The molecule has 31 heavy (non-hydrogen) atoms. The van der Waals surface area contributed by atoms with Crippen LogP contribution in [0.5, 0.6) is 5.75 Å². The van der Waals surface area contributed by atoms with Gasteiger partial charge in [-0.15, -0.1) is 0 Å². The quantitative estimate of drug-likeness (QED) is 0.635. The molecule has 2 aromatic rings. The van der Waals surface area contributed by atoms with Crippen molar-refractivity contribution in [3.05, 3.63) is 41.8 Å². The predicted molar refractivity (Wildman–Crippen MR) is 119 cm³/mol. The standard InChI is InChI=1S/C24H31FN4O2/c1-15-11-18(15)12-22(30)16(2)17-5-7-19(8-6-17)31-20-9-10-29(14-20)23-21(25)13-26-24(27-23)28(3)4/h5-8,13,15-16,18,20H,9-12,14H2,1-4H3/t15?,16?,18?,20-/m1/s1. The first-order chi connectivity index (χ1) is 14.8. The number of anilines is 2. The fraction of sp³-hybridized carbons (Fsp3) is 0.542. The fourth-order valence-corrected chi connectivity index (χ4v) is 4.14. The molecule has 1 saturated carbocycles. The van der Waals surface area contributed by atoms with Crippen LogP contribution < -0.4 is 14.5 Å². The van der Waals surface area contributed by atoms with E-state index >= 15 is 0 Å². The first kappa shape index (κ1) is 21.5. The predicted octanol–water partition coefficient (Wildman–Crippen LogP) is 4.06. The van der Waals surface area contributed by atoms with Crippen LogP contribution in [0.2, 0.25) is 0 Å². The van der Waals surface area contributed by atoms with E-state index in [0.29, 0.717) is 48.9 Å². The van der Waals surface area contributed by atoms with Crippen molar-refractivity contribution in [3.8, 4) is 5.75 Å². The molecule has 0 amide bonds. The second-order valence-electron chi connectivity index (χ2n) is 9.14. The third-order valence-electron chi connectivity index (χ3n) is 6.46. The lowest BCUT2D eigenvalue weighted by atomic mass is 9.93. The summed E-state index contributed by atoms with van der Waals surface area (Å²) in [5.41, 5.74) is 1.03. The molecule has 2 heterocycles. The highest BCUT2D eigenvalue weighted by molar-refractivity contribution is 5.85.